The minimum atomic E-state index is -1.22. The van der Waals surface area contributed by atoms with Crippen LogP contribution in [0.4, 0.5) is 0 Å². The van der Waals surface area contributed by atoms with Crippen molar-refractivity contribution in [3.8, 4) is 46.7 Å². The molecule has 8 N–H and O–H groups in total. The Hall–Kier alpha value is -3.80. The van der Waals surface area contributed by atoms with Crippen LogP contribution < -0.4 is 30.6 Å². The largest absolute Gasteiger partial charge is 0.504 e. The van der Waals surface area contributed by atoms with Gasteiger partial charge >= 0.3 is 0 Å². The highest BCUT2D eigenvalue weighted by Crippen LogP contribution is 2.50. The number of hydrogen-bond donors (Lipinski definition) is 7. The summed E-state index contributed by atoms with van der Waals surface area (Å²) < 4.78 is 25.3. The van der Waals surface area contributed by atoms with E-state index < -0.39 is 29.9 Å². The monoisotopic (exact) mass is 958 g/mol. The Balaban J connectivity index is 1.29. The van der Waals surface area contributed by atoms with Crippen LogP contribution in [0.1, 0.15) is 106 Å². The van der Waals surface area contributed by atoms with Gasteiger partial charge in [0.15, 0.2) is 29.0 Å². The molecule has 4 heterocycles. The summed E-state index contributed by atoms with van der Waals surface area (Å²) >= 11 is 0. The summed E-state index contributed by atoms with van der Waals surface area (Å²) in [6.45, 7) is 4.42. The highest BCUT2D eigenvalue weighted by atomic mass is 33.1. The molecule has 6 bridgehead atoms. The van der Waals surface area contributed by atoms with E-state index in [0.717, 1.165) is 73.0 Å². The molecule has 1 spiro atoms. The number of rotatable bonds is 5. The van der Waals surface area contributed by atoms with E-state index in [1.54, 1.807) is 40.8 Å². The number of ether oxygens (including phenoxy) is 4. The van der Waals surface area contributed by atoms with Crippen molar-refractivity contribution >= 4 is 33.3 Å². The van der Waals surface area contributed by atoms with E-state index in [0.29, 0.717) is 54.5 Å². The lowest BCUT2D eigenvalue weighted by molar-refractivity contribution is -0.121. The van der Waals surface area contributed by atoms with Gasteiger partial charge in [-0.1, -0.05) is 84.1 Å². The number of phenolic OH excluding ortho intramolecular Hbond substituents is 1. The van der Waals surface area contributed by atoms with Gasteiger partial charge in [0, 0.05) is 72.3 Å². The van der Waals surface area contributed by atoms with Gasteiger partial charge in [-0.15, -0.1) is 0 Å². The Morgan fingerprint density at radius 3 is 2.61 bits per heavy atom. The quantitative estimate of drug-likeness (QED) is 0.143. The van der Waals surface area contributed by atoms with Crippen molar-refractivity contribution in [1.82, 2.24) is 10.6 Å². The van der Waals surface area contributed by atoms with E-state index in [2.05, 4.69) is 54.2 Å². The number of carbonyl (C=O) groups is 1. The SMILES string of the molecule is COc1c(O)ccc2c1C#CCc1cc(c3c4c1OCNC15CCCCC1CC(C(CO)OC)CCC5C#CC1NC(N)=NC(C(C)C)CSSCC1C(C3)C(O)O4)CCC(O)CC(=O)CC2. The van der Waals surface area contributed by atoms with Gasteiger partial charge < -0.3 is 50.4 Å². The lowest BCUT2D eigenvalue weighted by Gasteiger charge is -2.48. The molecule has 2 aromatic carbocycles. The van der Waals surface area contributed by atoms with Crippen LogP contribution in [-0.4, -0.2) is 107 Å². The van der Waals surface area contributed by atoms with Crippen molar-refractivity contribution in [2.24, 2.45) is 46.2 Å². The van der Waals surface area contributed by atoms with Crippen LogP contribution in [0.2, 0.25) is 0 Å². The normalized spacial score (nSPS) is 31.9. The van der Waals surface area contributed by atoms with Gasteiger partial charge in [0.25, 0.3) is 0 Å². The molecule has 67 heavy (non-hydrogen) atoms. The summed E-state index contributed by atoms with van der Waals surface area (Å²) in [4.78, 5) is 18.3. The number of methoxy groups -OCH3 is 2. The Morgan fingerprint density at radius 2 is 1.82 bits per heavy atom. The number of ketones is 1. The fourth-order valence-corrected chi connectivity index (χ4v) is 14.5. The average molecular weight is 959 g/mol. The van der Waals surface area contributed by atoms with E-state index >= 15 is 0 Å². The number of Topliss-reactive ketones (excluding diaryl/α,β-unsaturated/α-hetero) is 1. The molecule has 0 aromatic heterocycles. The van der Waals surface area contributed by atoms with Crippen molar-refractivity contribution in [3.05, 3.63) is 46.0 Å². The topological polar surface area (TPSA) is 197 Å². The zero-order valence-corrected chi connectivity index (χ0v) is 41.1. The van der Waals surface area contributed by atoms with Crippen LogP contribution in [0.3, 0.4) is 0 Å². The second kappa shape index (κ2) is 22.3. The molecule has 2 aromatic rings. The molecule has 2 saturated carbocycles. The number of benzene rings is 2. The van der Waals surface area contributed by atoms with Crippen molar-refractivity contribution in [3.63, 3.8) is 0 Å². The first-order valence-corrected chi connectivity index (χ1v) is 26.9. The number of carbonyl (C=O) groups excluding carboxylic acids is 1. The molecule has 11 atom stereocenters. The van der Waals surface area contributed by atoms with Gasteiger partial charge in [0.05, 0.1) is 43.6 Å². The number of aliphatic hydroxyl groups excluding tert-OH is 3. The van der Waals surface area contributed by atoms with Crippen LogP contribution in [0.15, 0.2) is 23.2 Å². The van der Waals surface area contributed by atoms with Gasteiger partial charge in [0.2, 0.25) is 6.29 Å². The maximum Gasteiger partial charge on any atom is 0.201 e. The molecular formula is C52H70N4O9S2. The van der Waals surface area contributed by atoms with E-state index in [1.165, 1.54) is 7.11 Å². The number of guanidine groups is 1. The molecule has 364 valence electrons. The Labute approximate surface area is 404 Å². The number of nitrogens with one attached hydrogen (secondary N) is 2. The molecule has 2 fully saturated rings. The summed E-state index contributed by atoms with van der Waals surface area (Å²) in [6, 6.07) is 4.97. The lowest BCUT2D eigenvalue weighted by Crippen LogP contribution is -2.58. The van der Waals surface area contributed by atoms with Crippen molar-refractivity contribution in [1.29, 1.82) is 0 Å². The second-order valence-corrected chi connectivity index (χ2v) is 22.3. The maximum absolute atomic E-state index is 13.3. The van der Waals surface area contributed by atoms with Crippen molar-refractivity contribution < 1.29 is 44.2 Å². The summed E-state index contributed by atoms with van der Waals surface area (Å²) in [7, 11) is 6.72. The predicted molar refractivity (Wildman–Crippen MR) is 263 cm³/mol. The van der Waals surface area contributed by atoms with Gasteiger partial charge in [-0.05, 0) is 92.7 Å². The third-order valence-corrected chi connectivity index (χ3v) is 18.0. The predicted octanol–water partition coefficient (Wildman–Crippen LogP) is 5.67. The van der Waals surface area contributed by atoms with Gasteiger partial charge in [-0.2, -0.15) is 0 Å². The maximum atomic E-state index is 13.3. The van der Waals surface area contributed by atoms with Crippen LogP contribution in [0, 0.1) is 59.2 Å². The van der Waals surface area contributed by atoms with Crippen LogP contribution in [0.5, 0.6) is 23.0 Å². The molecular weight excluding hydrogens is 889 g/mol. The molecule has 7 aliphatic rings. The number of aromatic hydroxyl groups is 1. The van der Waals surface area contributed by atoms with Crippen LogP contribution >= 0.6 is 21.6 Å². The molecule has 11 unspecified atom stereocenters. The molecule has 15 heteroatoms. The van der Waals surface area contributed by atoms with E-state index in [4.69, 9.17) is 29.7 Å². The van der Waals surface area contributed by atoms with Crippen molar-refractivity contribution in [2.75, 3.05) is 39.1 Å². The average Bonchev–Trinajstić information content (AvgIpc) is 3.46. The third-order valence-electron chi connectivity index (χ3n) is 15.5. The molecule has 0 saturated heterocycles. The first kappa shape index (κ1) is 49.6. The number of hydrogen-bond acceptors (Lipinski definition) is 15. The Kier molecular flexibility index (Phi) is 16.5. The smallest absolute Gasteiger partial charge is 0.201 e. The molecule has 3 aliphatic carbocycles. The molecule has 13 nitrogen and oxygen atoms in total. The first-order chi connectivity index (χ1) is 32.4. The number of aryl methyl sites for hydroxylation is 2. The number of nitrogens with zero attached hydrogens (tertiary/aromatic N) is 1. The van der Waals surface area contributed by atoms with Crippen LogP contribution in [-0.2, 0) is 35.2 Å². The first-order valence-electron chi connectivity index (χ1n) is 24.4. The van der Waals surface area contributed by atoms with Crippen LogP contribution in [0.25, 0.3) is 0 Å². The highest BCUT2D eigenvalue weighted by molar-refractivity contribution is 8.76. The van der Waals surface area contributed by atoms with Gasteiger partial charge in [0.1, 0.15) is 12.5 Å². The van der Waals surface area contributed by atoms with Gasteiger partial charge in [-0.25, -0.2) is 4.99 Å². The summed E-state index contributed by atoms with van der Waals surface area (Å²) in [5.74, 6) is 17.1. The summed E-state index contributed by atoms with van der Waals surface area (Å²) in [6.07, 6.45) is 6.33. The number of aliphatic imine (C=N–C) groups is 1. The van der Waals surface area contributed by atoms with Crippen molar-refractivity contribution in [2.45, 2.75) is 140 Å². The number of nitrogens with two attached hydrogens (primary N) is 1. The third kappa shape index (κ3) is 11.0. The highest BCUT2D eigenvalue weighted by Gasteiger charge is 2.50. The molecule has 9 rings (SSSR count). The van der Waals surface area contributed by atoms with Gasteiger partial charge in [-0.3, -0.25) is 10.1 Å². The zero-order chi connectivity index (χ0) is 47.2. The standard InChI is InChI=1S/C52H70N4O9S2/c1-30(2)44-28-67-66-27-42-41-25-40-32-13-18-38(59)24-37(58)17-12-31-14-20-45(60)48(63-4)39(31)10-7-8-34(22-32)47(49(40)65-50(41)61)64-29-54-52-21-6-5-9-36(52)23-33(46(26-57)62-3)11-15-35(52)16-19-43(42)55-51(53)56-44/h14,20,22,30,33,35-36,38,41-44,46,50,54,57,59-61H,5-6,8-9,11-13,15,17-18,21,23-29H2,1-4H3,(H3,53,55,56). The molecule has 4 aliphatic heterocycles. The summed E-state index contributed by atoms with van der Waals surface area (Å²) in [5.41, 5.74) is 10.3. The fourth-order valence-electron chi connectivity index (χ4n) is 11.7. The van der Waals surface area contributed by atoms with E-state index in [9.17, 15) is 25.2 Å². The lowest BCUT2D eigenvalue weighted by atomic mass is 9.64. The minimum Gasteiger partial charge on any atom is -0.504 e. The number of aliphatic hydroxyl groups is 3. The Morgan fingerprint density at radius 1 is 0.985 bits per heavy atom. The Bertz CT molecular complexity index is 2250. The molecule has 0 amide bonds. The number of fused-ring (bicyclic) bond motifs is 6. The van der Waals surface area contributed by atoms with E-state index in [1.807, 2.05) is 0 Å². The number of phenols is 1. The second-order valence-electron chi connectivity index (χ2n) is 19.8. The summed E-state index contributed by atoms with van der Waals surface area (Å²) in [5, 5.41) is 52.5. The minimum absolute atomic E-state index is 0.0101. The zero-order valence-electron chi connectivity index (χ0n) is 39.5. The molecule has 0 radical (unpaired) electrons. The fraction of sp³-hybridized carbons (Fsp3) is 0.654. The van der Waals surface area contributed by atoms with E-state index in [-0.39, 0.29) is 91.6 Å².